The van der Waals surface area contributed by atoms with Crippen LogP contribution in [0.3, 0.4) is 0 Å². The summed E-state index contributed by atoms with van der Waals surface area (Å²) in [7, 11) is 0. The number of rotatable bonds is 3. The van der Waals surface area contributed by atoms with Crippen molar-refractivity contribution in [1.29, 1.82) is 5.26 Å². The van der Waals surface area contributed by atoms with Crippen molar-refractivity contribution in [3.8, 4) is 6.07 Å². The quantitative estimate of drug-likeness (QED) is 0.892. The van der Waals surface area contributed by atoms with E-state index in [0.29, 0.717) is 22.8 Å². The molecule has 0 atom stereocenters. The highest BCUT2D eigenvalue weighted by Crippen LogP contribution is 2.22. The molecule has 2 aromatic rings. The summed E-state index contributed by atoms with van der Waals surface area (Å²) in [6, 6.07) is 10.5. The average Bonchev–Trinajstić information content (AvgIpc) is 2.38. The van der Waals surface area contributed by atoms with Crippen LogP contribution < -0.4 is 5.32 Å². The number of aromatic carboxylic acids is 1. The number of aromatic nitrogens is 1. The summed E-state index contributed by atoms with van der Waals surface area (Å²) < 4.78 is 0. The topological polar surface area (TPSA) is 86.0 Å². The van der Waals surface area contributed by atoms with Crippen LogP contribution in [0.15, 0.2) is 30.3 Å². The minimum Gasteiger partial charge on any atom is -0.478 e. The summed E-state index contributed by atoms with van der Waals surface area (Å²) >= 11 is 0. The van der Waals surface area contributed by atoms with E-state index in [1.807, 2.05) is 19.1 Å². The Labute approximate surface area is 116 Å². The molecule has 0 spiro atoms. The van der Waals surface area contributed by atoms with Gasteiger partial charge in [0.2, 0.25) is 0 Å². The maximum Gasteiger partial charge on any atom is 0.335 e. The molecule has 1 aromatic carbocycles. The van der Waals surface area contributed by atoms with E-state index >= 15 is 0 Å². The Balaban J connectivity index is 2.43. The molecule has 0 unspecified atom stereocenters. The van der Waals surface area contributed by atoms with Crippen molar-refractivity contribution in [1.82, 2.24) is 4.98 Å². The Kier molecular flexibility index (Phi) is 3.67. The number of pyridine rings is 1. The van der Waals surface area contributed by atoms with Gasteiger partial charge in [0.15, 0.2) is 0 Å². The van der Waals surface area contributed by atoms with Gasteiger partial charge in [-0.15, -0.1) is 0 Å². The van der Waals surface area contributed by atoms with E-state index in [1.165, 1.54) is 12.1 Å². The molecule has 0 saturated carbocycles. The summed E-state index contributed by atoms with van der Waals surface area (Å²) in [6.45, 7) is 3.56. The van der Waals surface area contributed by atoms with Gasteiger partial charge in [-0.1, -0.05) is 12.1 Å². The van der Waals surface area contributed by atoms with Crippen LogP contribution in [0, 0.1) is 25.2 Å². The van der Waals surface area contributed by atoms with E-state index < -0.39 is 5.97 Å². The molecule has 1 heterocycles. The van der Waals surface area contributed by atoms with Crippen LogP contribution in [-0.2, 0) is 0 Å². The Morgan fingerprint density at radius 3 is 2.75 bits per heavy atom. The molecule has 0 radical (unpaired) electrons. The minimum atomic E-state index is -1.01. The Morgan fingerprint density at radius 1 is 1.35 bits per heavy atom. The number of carboxylic acids is 1. The van der Waals surface area contributed by atoms with Gasteiger partial charge in [0.1, 0.15) is 11.9 Å². The van der Waals surface area contributed by atoms with Gasteiger partial charge in [-0.25, -0.2) is 9.78 Å². The number of nitrogens with zero attached hydrogens (tertiary/aromatic N) is 2. The molecule has 0 saturated heterocycles. The number of anilines is 2. The largest absolute Gasteiger partial charge is 0.478 e. The third-order valence-corrected chi connectivity index (χ3v) is 2.85. The van der Waals surface area contributed by atoms with E-state index in [2.05, 4.69) is 16.4 Å². The highest BCUT2D eigenvalue weighted by molar-refractivity contribution is 5.89. The zero-order chi connectivity index (χ0) is 14.7. The van der Waals surface area contributed by atoms with Crippen LogP contribution in [0.5, 0.6) is 0 Å². The van der Waals surface area contributed by atoms with E-state index in [9.17, 15) is 10.1 Å². The molecular weight excluding hydrogens is 254 g/mol. The van der Waals surface area contributed by atoms with Gasteiger partial charge < -0.3 is 10.4 Å². The fourth-order valence-corrected chi connectivity index (χ4v) is 1.91. The first kappa shape index (κ1) is 13.6. The summed E-state index contributed by atoms with van der Waals surface area (Å²) in [5.41, 5.74) is 2.74. The third-order valence-electron chi connectivity index (χ3n) is 2.85. The van der Waals surface area contributed by atoms with Gasteiger partial charge >= 0.3 is 5.97 Å². The number of hydrogen-bond donors (Lipinski definition) is 2. The lowest BCUT2D eigenvalue weighted by Gasteiger charge is -2.10. The van der Waals surface area contributed by atoms with Gasteiger partial charge in [0, 0.05) is 5.69 Å². The predicted octanol–water partition coefficient (Wildman–Crippen LogP) is 3.01. The molecule has 0 aliphatic rings. The molecule has 0 fully saturated rings. The van der Waals surface area contributed by atoms with Crippen molar-refractivity contribution in [2.45, 2.75) is 13.8 Å². The maximum atomic E-state index is 11.0. The lowest BCUT2D eigenvalue weighted by molar-refractivity contribution is 0.0696. The molecule has 100 valence electrons. The van der Waals surface area contributed by atoms with Crippen LogP contribution in [0.2, 0.25) is 0 Å². The first-order valence-corrected chi connectivity index (χ1v) is 6.00. The molecular formula is C15H13N3O2. The molecule has 1 aromatic heterocycles. The second kappa shape index (κ2) is 5.41. The smallest absolute Gasteiger partial charge is 0.335 e. The molecule has 5 nitrogen and oxygen atoms in total. The van der Waals surface area contributed by atoms with Crippen molar-refractivity contribution >= 4 is 17.5 Å². The van der Waals surface area contributed by atoms with Crippen LogP contribution >= 0.6 is 0 Å². The van der Waals surface area contributed by atoms with Crippen molar-refractivity contribution in [2.75, 3.05) is 5.32 Å². The first-order chi connectivity index (χ1) is 9.51. The molecule has 2 N–H and O–H groups in total. The number of hydrogen-bond acceptors (Lipinski definition) is 4. The first-order valence-electron chi connectivity index (χ1n) is 6.00. The standard InChI is InChI=1S/C15H13N3O2/c1-9-4-3-5-13(12(9)8-16)18-14-7-11(15(19)20)6-10(2)17-14/h3-7H,1-2H3,(H,17,18)(H,19,20). The van der Waals surface area contributed by atoms with Crippen LogP contribution in [0.25, 0.3) is 0 Å². The summed E-state index contributed by atoms with van der Waals surface area (Å²) in [5.74, 6) is -0.604. The minimum absolute atomic E-state index is 0.158. The maximum absolute atomic E-state index is 11.0. The fourth-order valence-electron chi connectivity index (χ4n) is 1.91. The van der Waals surface area contributed by atoms with Crippen molar-refractivity contribution < 1.29 is 9.90 Å². The molecule has 5 heteroatoms. The van der Waals surface area contributed by atoms with E-state index in [1.54, 1.807) is 13.0 Å². The molecule has 0 aliphatic carbocycles. The van der Waals surface area contributed by atoms with Gasteiger partial charge in [-0.2, -0.15) is 5.26 Å². The molecule has 20 heavy (non-hydrogen) atoms. The van der Waals surface area contributed by atoms with Crippen molar-refractivity contribution in [3.05, 3.63) is 52.7 Å². The average molecular weight is 267 g/mol. The van der Waals surface area contributed by atoms with Crippen LogP contribution in [-0.4, -0.2) is 16.1 Å². The van der Waals surface area contributed by atoms with Crippen LogP contribution in [0.1, 0.15) is 27.2 Å². The predicted molar refractivity (Wildman–Crippen MR) is 75.1 cm³/mol. The van der Waals surface area contributed by atoms with Crippen molar-refractivity contribution in [3.63, 3.8) is 0 Å². The lowest BCUT2D eigenvalue weighted by Crippen LogP contribution is -2.03. The molecule has 0 amide bonds. The van der Waals surface area contributed by atoms with E-state index in [0.717, 1.165) is 5.56 Å². The van der Waals surface area contributed by atoms with Gasteiger partial charge in [-0.3, -0.25) is 0 Å². The van der Waals surface area contributed by atoms with E-state index in [-0.39, 0.29) is 5.56 Å². The highest BCUT2D eigenvalue weighted by atomic mass is 16.4. The lowest BCUT2D eigenvalue weighted by atomic mass is 10.1. The number of benzene rings is 1. The number of nitriles is 1. The van der Waals surface area contributed by atoms with Crippen LogP contribution in [0.4, 0.5) is 11.5 Å². The zero-order valence-corrected chi connectivity index (χ0v) is 11.1. The second-order valence-corrected chi connectivity index (χ2v) is 4.42. The fraction of sp³-hybridized carbons (Fsp3) is 0.133. The summed E-state index contributed by atoms with van der Waals surface area (Å²) in [5, 5.41) is 21.2. The Hall–Kier alpha value is -2.87. The van der Waals surface area contributed by atoms with E-state index in [4.69, 9.17) is 5.11 Å². The van der Waals surface area contributed by atoms with Crippen molar-refractivity contribution in [2.24, 2.45) is 0 Å². The normalized spacial score (nSPS) is 9.85. The number of carboxylic acid groups (broad SMARTS) is 1. The van der Waals surface area contributed by atoms with Gasteiger partial charge in [0.05, 0.1) is 16.8 Å². The number of carbonyl (C=O) groups is 1. The molecule has 0 bridgehead atoms. The monoisotopic (exact) mass is 267 g/mol. The third kappa shape index (κ3) is 2.75. The number of nitrogens with one attached hydrogen (secondary N) is 1. The van der Waals surface area contributed by atoms with Gasteiger partial charge in [-0.05, 0) is 37.6 Å². The summed E-state index contributed by atoms with van der Waals surface area (Å²) in [4.78, 5) is 15.3. The van der Waals surface area contributed by atoms with Gasteiger partial charge in [0.25, 0.3) is 0 Å². The number of aryl methyl sites for hydroxylation is 2. The zero-order valence-electron chi connectivity index (χ0n) is 11.1. The second-order valence-electron chi connectivity index (χ2n) is 4.42. The SMILES string of the molecule is Cc1cc(C(=O)O)cc(Nc2cccc(C)c2C#N)n1. The Morgan fingerprint density at radius 2 is 2.10 bits per heavy atom. The molecule has 0 aliphatic heterocycles. The molecule has 2 rings (SSSR count). The summed E-state index contributed by atoms with van der Waals surface area (Å²) in [6.07, 6.45) is 0. The Bertz CT molecular complexity index is 718. The highest BCUT2D eigenvalue weighted by Gasteiger charge is 2.09.